The minimum absolute atomic E-state index is 0.153. The maximum absolute atomic E-state index is 5.93. The maximum Gasteiger partial charge on any atom is 0.0781 e. The molecule has 1 aromatic carbocycles. The molecule has 1 rings (SSSR count). The lowest BCUT2D eigenvalue weighted by Gasteiger charge is -2.35. The van der Waals surface area contributed by atoms with Gasteiger partial charge in [0.1, 0.15) is 0 Å². The molecule has 0 aliphatic rings. The molecule has 1 aromatic rings. The number of nitrogens with one attached hydrogen (secondary N) is 1. The van der Waals surface area contributed by atoms with Crippen molar-refractivity contribution < 1.29 is 4.74 Å². The van der Waals surface area contributed by atoms with E-state index in [4.69, 9.17) is 4.74 Å². The van der Waals surface area contributed by atoms with Crippen molar-refractivity contribution in [3.63, 3.8) is 0 Å². The van der Waals surface area contributed by atoms with Gasteiger partial charge in [0.05, 0.1) is 5.60 Å². The van der Waals surface area contributed by atoms with Crippen LogP contribution in [0.3, 0.4) is 0 Å². The molecule has 0 heterocycles. The van der Waals surface area contributed by atoms with E-state index < -0.39 is 0 Å². The van der Waals surface area contributed by atoms with Crippen molar-refractivity contribution in [2.75, 3.05) is 13.2 Å². The lowest BCUT2D eigenvalue weighted by Crippen LogP contribution is -2.50. The highest BCUT2D eigenvalue weighted by atomic mass is 16.5. The van der Waals surface area contributed by atoms with E-state index in [0.717, 1.165) is 19.6 Å². The predicted molar refractivity (Wildman–Crippen MR) is 82.8 cm³/mol. The van der Waals surface area contributed by atoms with E-state index >= 15 is 0 Å². The fourth-order valence-electron chi connectivity index (χ4n) is 2.66. The first-order valence-electron chi connectivity index (χ1n) is 7.34. The van der Waals surface area contributed by atoms with Gasteiger partial charge in [-0.3, -0.25) is 0 Å². The Morgan fingerprint density at radius 2 is 1.74 bits per heavy atom. The first kappa shape index (κ1) is 16.2. The Labute approximate surface area is 118 Å². The number of ether oxygens (including phenoxy) is 1. The molecule has 19 heavy (non-hydrogen) atoms. The largest absolute Gasteiger partial charge is 0.374 e. The van der Waals surface area contributed by atoms with Crippen LogP contribution in [0.4, 0.5) is 0 Å². The molecular formula is C17H29NO. The van der Waals surface area contributed by atoms with Gasteiger partial charge in [0, 0.05) is 12.6 Å². The van der Waals surface area contributed by atoms with E-state index in [1.165, 1.54) is 16.7 Å². The van der Waals surface area contributed by atoms with Crippen molar-refractivity contribution in [1.82, 2.24) is 5.32 Å². The van der Waals surface area contributed by atoms with Crippen LogP contribution in [-0.4, -0.2) is 24.8 Å². The van der Waals surface area contributed by atoms with Gasteiger partial charge in [-0.05, 0) is 64.3 Å². The number of aryl methyl sites for hydroxylation is 2. The van der Waals surface area contributed by atoms with Crippen molar-refractivity contribution in [2.24, 2.45) is 0 Å². The molecule has 0 bridgehead atoms. The highest BCUT2D eigenvalue weighted by molar-refractivity contribution is 5.34. The second kappa shape index (κ2) is 7.06. The normalized spacial score (nSPS) is 13.6. The van der Waals surface area contributed by atoms with E-state index in [2.05, 4.69) is 65.1 Å². The van der Waals surface area contributed by atoms with E-state index in [0.29, 0.717) is 6.04 Å². The molecule has 2 heteroatoms. The molecule has 0 spiro atoms. The molecule has 0 aliphatic carbocycles. The van der Waals surface area contributed by atoms with E-state index in [1.54, 1.807) is 0 Å². The number of hydrogen-bond donors (Lipinski definition) is 1. The molecule has 1 unspecified atom stereocenters. The molecule has 0 saturated carbocycles. The fraction of sp³-hybridized carbons (Fsp3) is 0.647. The average molecular weight is 263 g/mol. The van der Waals surface area contributed by atoms with Crippen LogP contribution in [0.2, 0.25) is 0 Å². The standard InChI is InChI=1S/C17H29NO/c1-7-18-16(17(5,6)19-8-2)12-15-13(3)10-9-11-14(15)4/h9-11,16,18H,7-8,12H2,1-6H3. The van der Waals surface area contributed by atoms with Crippen molar-refractivity contribution in [3.8, 4) is 0 Å². The molecule has 2 nitrogen and oxygen atoms in total. The third kappa shape index (κ3) is 4.32. The highest BCUT2D eigenvalue weighted by Crippen LogP contribution is 2.22. The molecule has 0 aliphatic heterocycles. The van der Waals surface area contributed by atoms with Gasteiger partial charge in [0.2, 0.25) is 0 Å². The van der Waals surface area contributed by atoms with Crippen molar-refractivity contribution in [2.45, 2.75) is 59.6 Å². The lowest BCUT2D eigenvalue weighted by atomic mass is 9.88. The van der Waals surface area contributed by atoms with Crippen LogP contribution in [0.15, 0.2) is 18.2 Å². The lowest BCUT2D eigenvalue weighted by molar-refractivity contribution is -0.0377. The van der Waals surface area contributed by atoms with Crippen LogP contribution < -0.4 is 5.32 Å². The fourth-order valence-corrected chi connectivity index (χ4v) is 2.66. The van der Waals surface area contributed by atoms with Crippen LogP contribution in [0.5, 0.6) is 0 Å². The van der Waals surface area contributed by atoms with Gasteiger partial charge in [0.15, 0.2) is 0 Å². The smallest absolute Gasteiger partial charge is 0.0781 e. The number of likely N-dealkylation sites (N-methyl/N-ethyl adjacent to an activating group) is 1. The second-order valence-corrected chi connectivity index (χ2v) is 5.72. The minimum atomic E-state index is -0.153. The van der Waals surface area contributed by atoms with E-state index in [1.807, 2.05) is 0 Å². The molecule has 1 atom stereocenters. The molecule has 0 radical (unpaired) electrons. The monoisotopic (exact) mass is 263 g/mol. The van der Waals surface area contributed by atoms with Gasteiger partial charge in [-0.1, -0.05) is 25.1 Å². The Kier molecular flexibility index (Phi) is 6.02. The number of benzene rings is 1. The number of hydrogen-bond acceptors (Lipinski definition) is 2. The van der Waals surface area contributed by atoms with Crippen LogP contribution in [0.25, 0.3) is 0 Å². The summed E-state index contributed by atoms with van der Waals surface area (Å²) in [5.74, 6) is 0. The van der Waals surface area contributed by atoms with Gasteiger partial charge in [0.25, 0.3) is 0 Å². The van der Waals surface area contributed by atoms with Crippen LogP contribution in [0, 0.1) is 13.8 Å². The topological polar surface area (TPSA) is 21.3 Å². The quantitative estimate of drug-likeness (QED) is 0.811. The average Bonchev–Trinajstić information content (AvgIpc) is 2.32. The zero-order valence-electron chi connectivity index (χ0n) is 13.3. The highest BCUT2D eigenvalue weighted by Gasteiger charge is 2.30. The number of rotatable bonds is 7. The Hall–Kier alpha value is -0.860. The molecule has 0 fully saturated rings. The second-order valence-electron chi connectivity index (χ2n) is 5.72. The molecule has 0 aromatic heterocycles. The Morgan fingerprint density at radius 1 is 1.16 bits per heavy atom. The zero-order chi connectivity index (χ0) is 14.5. The minimum Gasteiger partial charge on any atom is -0.374 e. The first-order valence-corrected chi connectivity index (χ1v) is 7.34. The summed E-state index contributed by atoms with van der Waals surface area (Å²) in [5.41, 5.74) is 4.03. The molecule has 0 amide bonds. The van der Waals surface area contributed by atoms with Gasteiger partial charge in [-0.25, -0.2) is 0 Å². The van der Waals surface area contributed by atoms with Gasteiger partial charge in [-0.15, -0.1) is 0 Å². The maximum atomic E-state index is 5.93. The summed E-state index contributed by atoms with van der Waals surface area (Å²) in [6.45, 7) is 14.7. The summed E-state index contributed by atoms with van der Waals surface area (Å²) < 4.78 is 5.93. The third-order valence-corrected chi connectivity index (χ3v) is 3.86. The van der Waals surface area contributed by atoms with Crippen molar-refractivity contribution >= 4 is 0 Å². The van der Waals surface area contributed by atoms with Crippen LogP contribution >= 0.6 is 0 Å². The Bertz CT molecular complexity index is 378. The SMILES string of the molecule is CCNC(Cc1c(C)cccc1C)C(C)(C)OCC. The summed E-state index contributed by atoms with van der Waals surface area (Å²) >= 11 is 0. The summed E-state index contributed by atoms with van der Waals surface area (Å²) in [4.78, 5) is 0. The summed E-state index contributed by atoms with van der Waals surface area (Å²) in [6.07, 6.45) is 1.01. The van der Waals surface area contributed by atoms with Gasteiger partial charge < -0.3 is 10.1 Å². The molecular weight excluding hydrogens is 234 g/mol. The van der Waals surface area contributed by atoms with Gasteiger partial charge in [-0.2, -0.15) is 0 Å². The predicted octanol–water partition coefficient (Wildman–Crippen LogP) is 3.64. The van der Waals surface area contributed by atoms with Crippen molar-refractivity contribution in [1.29, 1.82) is 0 Å². The first-order chi connectivity index (χ1) is 8.92. The summed E-state index contributed by atoms with van der Waals surface area (Å²) in [5, 5.41) is 3.59. The Balaban J connectivity index is 2.95. The Morgan fingerprint density at radius 3 is 2.21 bits per heavy atom. The summed E-state index contributed by atoms with van der Waals surface area (Å²) in [7, 11) is 0. The third-order valence-electron chi connectivity index (χ3n) is 3.86. The molecule has 1 N–H and O–H groups in total. The van der Waals surface area contributed by atoms with Crippen LogP contribution in [0.1, 0.15) is 44.4 Å². The summed E-state index contributed by atoms with van der Waals surface area (Å²) in [6, 6.07) is 6.85. The van der Waals surface area contributed by atoms with Gasteiger partial charge >= 0.3 is 0 Å². The zero-order valence-corrected chi connectivity index (χ0v) is 13.3. The van der Waals surface area contributed by atoms with Crippen molar-refractivity contribution in [3.05, 3.63) is 34.9 Å². The van der Waals surface area contributed by atoms with E-state index in [-0.39, 0.29) is 5.60 Å². The van der Waals surface area contributed by atoms with E-state index in [9.17, 15) is 0 Å². The van der Waals surface area contributed by atoms with Crippen LogP contribution in [-0.2, 0) is 11.2 Å². The molecule has 108 valence electrons. The molecule has 0 saturated heterocycles.